The van der Waals surface area contributed by atoms with Gasteiger partial charge in [0.25, 0.3) is 0 Å². The first-order chi connectivity index (χ1) is 10.4. The van der Waals surface area contributed by atoms with Gasteiger partial charge >= 0.3 is 0 Å². The highest BCUT2D eigenvalue weighted by atomic mass is 28.2. The Kier molecular flexibility index (Phi) is 6.99. The van der Waals surface area contributed by atoms with Crippen molar-refractivity contribution in [2.24, 2.45) is 0 Å². The smallest absolute Gasteiger partial charge is 0.145 e. The van der Waals surface area contributed by atoms with Crippen molar-refractivity contribution >= 4 is 10.5 Å². The van der Waals surface area contributed by atoms with E-state index in [4.69, 9.17) is 4.43 Å². The van der Waals surface area contributed by atoms with Gasteiger partial charge in [-0.3, -0.25) is 0 Å². The summed E-state index contributed by atoms with van der Waals surface area (Å²) in [6.45, 7) is 0.896. The highest BCUT2D eigenvalue weighted by molar-refractivity contribution is 5.97. The zero-order chi connectivity index (χ0) is 14.8. The van der Waals surface area contributed by atoms with Crippen molar-refractivity contribution in [3.8, 4) is 0 Å². The number of hydrogen-bond acceptors (Lipinski definition) is 1. The minimum absolute atomic E-state index is 0.843. The summed E-state index contributed by atoms with van der Waals surface area (Å²) in [6.07, 6.45) is 6.71. The Hall–Kier alpha value is -1.64. The van der Waals surface area contributed by atoms with Crippen LogP contribution in [0.3, 0.4) is 0 Å². The first-order valence-corrected chi connectivity index (χ1v) is 8.45. The molecule has 0 N–H and O–H groups in total. The molecule has 0 heterocycles. The summed E-state index contributed by atoms with van der Waals surface area (Å²) >= 11 is 0. The van der Waals surface area contributed by atoms with Crippen LogP contribution in [0.1, 0.15) is 24.0 Å². The van der Waals surface area contributed by atoms with Crippen molar-refractivity contribution in [1.82, 2.24) is 0 Å². The summed E-state index contributed by atoms with van der Waals surface area (Å²) < 4.78 is 5.27. The highest BCUT2D eigenvalue weighted by Crippen LogP contribution is 2.15. The Morgan fingerprint density at radius 1 is 0.857 bits per heavy atom. The van der Waals surface area contributed by atoms with E-state index in [1.165, 1.54) is 16.7 Å². The third kappa shape index (κ3) is 6.11. The standard InChI is InChI=1S/C19H24OSi/c21-20-14-8-7-13-19(15-17-9-3-1-4-10-17)16-18-11-5-2-6-12-18/h1-6,9-13H,7-8,14-16H2,21H3. The second-order valence-corrected chi connectivity index (χ2v) is 5.90. The normalized spacial score (nSPS) is 10.5. The van der Waals surface area contributed by atoms with Crippen molar-refractivity contribution in [3.05, 3.63) is 83.4 Å². The molecule has 0 saturated heterocycles. The first-order valence-electron chi connectivity index (χ1n) is 7.63. The van der Waals surface area contributed by atoms with Gasteiger partial charge in [0.1, 0.15) is 10.5 Å². The van der Waals surface area contributed by atoms with Crippen LogP contribution in [0.15, 0.2) is 72.3 Å². The average molecular weight is 296 g/mol. The molecule has 21 heavy (non-hydrogen) atoms. The molecule has 0 radical (unpaired) electrons. The van der Waals surface area contributed by atoms with Crippen LogP contribution in [-0.4, -0.2) is 17.1 Å². The van der Waals surface area contributed by atoms with E-state index in [1.54, 1.807) is 0 Å². The Bertz CT molecular complexity index is 491. The van der Waals surface area contributed by atoms with E-state index in [0.29, 0.717) is 0 Å². The zero-order valence-corrected chi connectivity index (χ0v) is 14.8. The number of hydrogen-bond donors (Lipinski definition) is 0. The topological polar surface area (TPSA) is 9.23 Å². The van der Waals surface area contributed by atoms with Crippen molar-refractivity contribution in [2.45, 2.75) is 25.7 Å². The fourth-order valence-electron chi connectivity index (χ4n) is 2.46. The van der Waals surface area contributed by atoms with Crippen LogP contribution in [0.4, 0.5) is 0 Å². The minimum Gasteiger partial charge on any atom is -0.428 e. The van der Waals surface area contributed by atoms with E-state index in [9.17, 15) is 0 Å². The molecule has 0 spiro atoms. The molecule has 0 atom stereocenters. The Morgan fingerprint density at radius 3 is 1.86 bits per heavy atom. The monoisotopic (exact) mass is 296 g/mol. The molecule has 1 nitrogen and oxygen atoms in total. The molecule has 2 aromatic carbocycles. The summed E-state index contributed by atoms with van der Waals surface area (Å²) in [4.78, 5) is 0. The minimum atomic E-state index is 0.843. The molecule has 0 aliphatic carbocycles. The van der Waals surface area contributed by atoms with Gasteiger partial charge in [-0.15, -0.1) is 0 Å². The lowest BCUT2D eigenvalue weighted by atomic mass is 9.97. The van der Waals surface area contributed by atoms with Crippen LogP contribution in [-0.2, 0) is 17.3 Å². The van der Waals surface area contributed by atoms with Crippen LogP contribution in [0.25, 0.3) is 0 Å². The van der Waals surface area contributed by atoms with E-state index < -0.39 is 0 Å². The van der Waals surface area contributed by atoms with Gasteiger partial charge < -0.3 is 4.43 Å². The maximum atomic E-state index is 5.27. The van der Waals surface area contributed by atoms with E-state index in [0.717, 1.165) is 42.8 Å². The van der Waals surface area contributed by atoms with E-state index >= 15 is 0 Å². The highest BCUT2D eigenvalue weighted by Gasteiger charge is 2.02. The zero-order valence-electron chi connectivity index (χ0n) is 12.8. The number of rotatable bonds is 8. The van der Waals surface area contributed by atoms with Crippen LogP contribution < -0.4 is 0 Å². The van der Waals surface area contributed by atoms with Gasteiger partial charge in [0.15, 0.2) is 0 Å². The predicted octanol–water partition coefficient (Wildman–Crippen LogP) is 3.48. The summed E-state index contributed by atoms with van der Waals surface area (Å²) in [5.41, 5.74) is 4.28. The molecule has 0 unspecified atom stereocenters. The third-order valence-electron chi connectivity index (χ3n) is 3.53. The molecule has 2 heteroatoms. The lowest BCUT2D eigenvalue weighted by molar-refractivity contribution is 0.342. The summed E-state index contributed by atoms with van der Waals surface area (Å²) in [5, 5.41) is 0. The van der Waals surface area contributed by atoms with Gasteiger partial charge in [0.2, 0.25) is 0 Å². The molecule has 0 aliphatic heterocycles. The van der Waals surface area contributed by atoms with Gasteiger partial charge in [-0.25, -0.2) is 0 Å². The lowest BCUT2D eigenvalue weighted by Gasteiger charge is -2.09. The molecular formula is C19H24OSi. The van der Waals surface area contributed by atoms with E-state index in [2.05, 4.69) is 66.7 Å². The molecule has 0 aliphatic rings. The molecule has 2 rings (SSSR count). The number of allylic oxidation sites excluding steroid dienone is 2. The molecule has 0 amide bonds. The van der Waals surface area contributed by atoms with Gasteiger partial charge in [0, 0.05) is 6.61 Å². The lowest BCUT2D eigenvalue weighted by Crippen LogP contribution is -1.97. The molecule has 0 aromatic heterocycles. The Morgan fingerprint density at radius 2 is 1.38 bits per heavy atom. The second kappa shape index (κ2) is 9.32. The maximum Gasteiger partial charge on any atom is 0.145 e. The van der Waals surface area contributed by atoms with E-state index in [-0.39, 0.29) is 0 Å². The third-order valence-corrected chi connectivity index (χ3v) is 3.94. The first kappa shape index (κ1) is 15.7. The van der Waals surface area contributed by atoms with Gasteiger partial charge in [0.05, 0.1) is 0 Å². The van der Waals surface area contributed by atoms with Crippen LogP contribution in [0.5, 0.6) is 0 Å². The predicted molar refractivity (Wildman–Crippen MR) is 93.5 cm³/mol. The fourth-order valence-corrected chi connectivity index (χ4v) is 2.75. The summed E-state index contributed by atoms with van der Waals surface area (Å²) in [5.74, 6) is 0. The second-order valence-electron chi connectivity index (χ2n) is 5.32. The number of unbranched alkanes of at least 4 members (excludes halogenated alkanes) is 1. The largest absolute Gasteiger partial charge is 0.428 e. The Labute approximate surface area is 131 Å². The van der Waals surface area contributed by atoms with Crippen molar-refractivity contribution in [2.75, 3.05) is 6.61 Å². The Balaban J connectivity index is 2.03. The fraction of sp³-hybridized carbons (Fsp3) is 0.263. The van der Waals surface area contributed by atoms with Crippen molar-refractivity contribution in [3.63, 3.8) is 0 Å². The van der Waals surface area contributed by atoms with E-state index in [1.807, 2.05) is 0 Å². The maximum absolute atomic E-state index is 5.27. The molecule has 110 valence electrons. The van der Waals surface area contributed by atoms with Crippen LogP contribution >= 0.6 is 0 Å². The molecular weight excluding hydrogens is 272 g/mol. The number of benzene rings is 2. The van der Waals surface area contributed by atoms with Gasteiger partial charge in [-0.05, 0) is 36.8 Å². The quantitative estimate of drug-likeness (QED) is 0.412. The molecule has 0 saturated carbocycles. The summed E-state index contributed by atoms with van der Waals surface area (Å²) in [7, 11) is 0.843. The van der Waals surface area contributed by atoms with Gasteiger partial charge in [-0.1, -0.05) is 72.3 Å². The van der Waals surface area contributed by atoms with Gasteiger partial charge in [-0.2, -0.15) is 0 Å². The molecule has 0 fully saturated rings. The average Bonchev–Trinajstić information content (AvgIpc) is 2.53. The summed E-state index contributed by atoms with van der Waals surface area (Å²) in [6, 6.07) is 21.4. The van der Waals surface area contributed by atoms with Crippen molar-refractivity contribution < 1.29 is 4.43 Å². The van der Waals surface area contributed by atoms with Crippen LogP contribution in [0.2, 0.25) is 0 Å². The molecule has 2 aromatic rings. The SMILES string of the molecule is [SiH3]OCCCC=C(Cc1ccccc1)Cc1ccccc1. The van der Waals surface area contributed by atoms with Crippen molar-refractivity contribution in [1.29, 1.82) is 0 Å². The molecule has 0 bridgehead atoms. The van der Waals surface area contributed by atoms with Crippen LogP contribution in [0, 0.1) is 0 Å².